The highest BCUT2D eigenvalue weighted by atomic mass is 35.5. The van der Waals surface area contributed by atoms with Crippen LogP contribution in [0.1, 0.15) is 31.9 Å². The molecule has 0 bridgehead atoms. The van der Waals surface area contributed by atoms with E-state index in [1.165, 1.54) is 18.2 Å². The van der Waals surface area contributed by atoms with E-state index in [9.17, 15) is 4.39 Å². The predicted octanol–water partition coefficient (Wildman–Crippen LogP) is 4.73. The zero-order chi connectivity index (χ0) is 15.2. The van der Waals surface area contributed by atoms with E-state index in [-0.39, 0.29) is 11.1 Å². The maximum Gasteiger partial charge on any atom is 0.224 e. The summed E-state index contributed by atoms with van der Waals surface area (Å²) in [7, 11) is 0. The molecule has 0 aliphatic rings. The van der Waals surface area contributed by atoms with E-state index in [1.807, 2.05) is 19.1 Å². The second kappa shape index (κ2) is 7.38. The fourth-order valence-electron chi connectivity index (χ4n) is 1.95. The summed E-state index contributed by atoms with van der Waals surface area (Å²) < 4.78 is 18.8. The Kier molecular flexibility index (Phi) is 5.53. The number of benzene rings is 1. The Hall–Kier alpha value is -1.65. The first-order chi connectivity index (χ1) is 10.1. The second-order valence-corrected chi connectivity index (χ2v) is 5.16. The molecule has 5 heteroatoms. The first-order valence-electron chi connectivity index (χ1n) is 6.93. The van der Waals surface area contributed by atoms with Crippen molar-refractivity contribution in [1.29, 1.82) is 0 Å². The molecule has 1 N–H and O–H groups in total. The quantitative estimate of drug-likeness (QED) is 0.838. The van der Waals surface area contributed by atoms with Gasteiger partial charge in [-0.25, -0.2) is 9.37 Å². The van der Waals surface area contributed by atoms with E-state index < -0.39 is 5.82 Å². The van der Waals surface area contributed by atoms with E-state index in [1.54, 1.807) is 6.20 Å². The SMILES string of the molecule is CCCNC(C)c1cccnc1Oc1ccc(F)cc1Cl. The molecule has 0 spiro atoms. The number of pyridine rings is 1. The van der Waals surface area contributed by atoms with Crippen molar-refractivity contribution in [3.63, 3.8) is 0 Å². The molecule has 0 saturated carbocycles. The summed E-state index contributed by atoms with van der Waals surface area (Å²) in [5, 5.41) is 3.61. The number of rotatable bonds is 6. The number of hydrogen-bond acceptors (Lipinski definition) is 3. The van der Waals surface area contributed by atoms with Gasteiger partial charge in [-0.1, -0.05) is 24.6 Å². The van der Waals surface area contributed by atoms with Gasteiger partial charge in [0.15, 0.2) is 0 Å². The summed E-state index contributed by atoms with van der Waals surface area (Å²) in [5.74, 6) is 0.467. The van der Waals surface area contributed by atoms with Crippen LogP contribution in [0.15, 0.2) is 36.5 Å². The number of nitrogens with zero attached hydrogens (tertiary/aromatic N) is 1. The van der Waals surface area contributed by atoms with E-state index in [0.29, 0.717) is 11.6 Å². The summed E-state index contributed by atoms with van der Waals surface area (Å²) in [4.78, 5) is 4.25. The van der Waals surface area contributed by atoms with Crippen molar-refractivity contribution in [2.24, 2.45) is 0 Å². The molecule has 2 aromatic rings. The van der Waals surface area contributed by atoms with Gasteiger partial charge in [0.05, 0.1) is 5.02 Å². The topological polar surface area (TPSA) is 34.2 Å². The number of aromatic nitrogens is 1. The molecule has 0 fully saturated rings. The zero-order valence-corrected chi connectivity index (χ0v) is 12.8. The van der Waals surface area contributed by atoms with Gasteiger partial charge in [-0.15, -0.1) is 0 Å². The van der Waals surface area contributed by atoms with Crippen molar-refractivity contribution >= 4 is 11.6 Å². The fraction of sp³-hybridized carbons (Fsp3) is 0.312. The Morgan fingerprint density at radius 3 is 2.90 bits per heavy atom. The Labute approximate surface area is 129 Å². The molecular formula is C16H18ClFN2O. The molecule has 1 aromatic carbocycles. The molecule has 1 unspecified atom stereocenters. The molecule has 0 radical (unpaired) electrons. The van der Waals surface area contributed by atoms with Crippen molar-refractivity contribution < 1.29 is 9.13 Å². The van der Waals surface area contributed by atoms with Crippen molar-refractivity contribution in [3.05, 3.63) is 52.9 Å². The van der Waals surface area contributed by atoms with Crippen LogP contribution >= 0.6 is 11.6 Å². The lowest BCUT2D eigenvalue weighted by atomic mass is 10.1. The summed E-state index contributed by atoms with van der Waals surface area (Å²) >= 11 is 5.99. The summed E-state index contributed by atoms with van der Waals surface area (Å²) in [6, 6.07) is 7.94. The van der Waals surface area contributed by atoms with Crippen molar-refractivity contribution in [1.82, 2.24) is 10.3 Å². The molecule has 3 nitrogen and oxygen atoms in total. The minimum Gasteiger partial charge on any atom is -0.437 e. The van der Waals surface area contributed by atoms with Gasteiger partial charge in [-0.2, -0.15) is 0 Å². The Balaban J connectivity index is 2.23. The third-order valence-electron chi connectivity index (χ3n) is 3.07. The first kappa shape index (κ1) is 15.7. The van der Waals surface area contributed by atoms with Gasteiger partial charge in [0.2, 0.25) is 5.88 Å². The van der Waals surface area contributed by atoms with Crippen LogP contribution in [0.3, 0.4) is 0 Å². The third kappa shape index (κ3) is 4.16. The zero-order valence-electron chi connectivity index (χ0n) is 12.1. The molecule has 112 valence electrons. The molecule has 1 heterocycles. The average molecular weight is 309 g/mol. The molecule has 0 saturated heterocycles. The molecule has 1 atom stereocenters. The Morgan fingerprint density at radius 1 is 1.38 bits per heavy atom. The largest absolute Gasteiger partial charge is 0.437 e. The summed E-state index contributed by atoms with van der Waals surface area (Å²) in [5.41, 5.74) is 0.936. The van der Waals surface area contributed by atoms with Gasteiger partial charge in [0, 0.05) is 17.8 Å². The molecular weight excluding hydrogens is 291 g/mol. The van der Waals surface area contributed by atoms with Crippen LogP contribution in [0.2, 0.25) is 5.02 Å². The van der Waals surface area contributed by atoms with Gasteiger partial charge in [-0.05, 0) is 44.2 Å². The molecule has 0 amide bonds. The molecule has 0 aliphatic carbocycles. The third-order valence-corrected chi connectivity index (χ3v) is 3.36. The smallest absolute Gasteiger partial charge is 0.224 e. The van der Waals surface area contributed by atoms with Crippen LogP contribution in [0, 0.1) is 5.82 Å². The molecule has 0 aliphatic heterocycles. The van der Waals surface area contributed by atoms with E-state index >= 15 is 0 Å². The maximum absolute atomic E-state index is 13.1. The number of ether oxygens (including phenoxy) is 1. The van der Waals surface area contributed by atoms with Crippen LogP contribution in [-0.4, -0.2) is 11.5 Å². The summed E-state index contributed by atoms with van der Waals surface area (Å²) in [6.07, 6.45) is 2.70. The van der Waals surface area contributed by atoms with Crippen LogP contribution in [-0.2, 0) is 0 Å². The van der Waals surface area contributed by atoms with Gasteiger partial charge in [-0.3, -0.25) is 0 Å². The van der Waals surface area contributed by atoms with Crippen molar-refractivity contribution in [3.8, 4) is 11.6 Å². The van der Waals surface area contributed by atoms with E-state index in [0.717, 1.165) is 18.5 Å². The highest BCUT2D eigenvalue weighted by Crippen LogP contribution is 2.32. The van der Waals surface area contributed by atoms with Crippen LogP contribution in [0.4, 0.5) is 4.39 Å². The lowest BCUT2D eigenvalue weighted by molar-refractivity contribution is 0.441. The predicted molar refractivity (Wildman–Crippen MR) is 82.4 cm³/mol. The van der Waals surface area contributed by atoms with Crippen LogP contribution < -0.4 is 10.1 Å². The molecule has 21 heavy (non-hydrogen) atoms. The van der Waals surface area contributed by atoms with Gasteiger partial charge in [0.25, 0.3) is 0 Å². The normalized spacial score (nSPS) is 12.2. The van der Waals surface area contributed by atoms with Crippen molar-refractivity contribution in [2.45, 2.75) is 26.3 Å². The standard InChI is InChI=1S/C16H18ClFN2O/c1-3-8-19-11(2)13-5-4-9-20-16(13)21-15-7-6-12(18)10-14(15)17/h4-7,9-11,19H,3,8H2,1-2H3. The highest BCUT2D eigenvalue weighted by Gasteiger charge is 2.14. The van der Waals surface area contributed by atoms with E-state index in [4.69, 9.17) is 16.3 Å². The van der Waals surface area contributed by atoms with Gasteiger partial charge < -0.3 is 10.1 Å². The Morgan fingerprint density at radius 2 is 2.19 bits per heavy atom. The number of nitrogens with one attached hydrogen (secondary N) is 1. The van der Waals surface area contributed by atoms with Gasteiger partial charge in [0.1, 0.15) is 11.6 Å². The number of halogens is 2. The van der Waals surface area contributed by atoms with Crippen molar-refractivity contribution in [2.75, 3.05) is 6.54 Å². The second-order valence-electron chi connectivity index (χ2n) is 4.75. The monoisotopic (exact) mass is 308 g/mol. The summed E-state index contributed by atoms with van der Waals surface area (Å²) in [6.45, 7) is 5.07. The lowest BCUT2D eigenvalue weighted by Crippen LogP contribution is -2.20. The molecule has 1 aromatic heterocycles. The minimum atomic E-state index is -0.397. The highest BCUT2D eigenvalue weighted by molar-refractivity contribution is 6.32. The van der Waals surface area contributed by atoms with Gasteiger partial charge >= 0.3 is 0 Å². The van der Waals surface area contributed by atoms with Crippen LogP contribution in [0.5, 0.6) is 11.6 Å². The first-order valence-corrected chi connectivity index (χ1v) is 7.30. The van der Waals surface area contributed by atoms with Crippen LogP contribution in [0.25, 0.3) is 0 Å². The van der Waals surface area contributed by atoms with E-state index in [2.05, 4.69) is 17.2 Å². The average Bonchev–Trinajstić information content (AvgIpc) is 2.48. The maximum atomic E-state index is 13.1. The fourth-order valence-corrected chi connectivity index (χ4v) is 2.16. The minimum absolute atomic E-state index is 0.105. The Bertz CT molecular complexity index is 607. The molecule has 2 rings (SSSR count). The lowest BCUT2D eigenvalue weighted by Gasteiger charge is -2.17. The number of hydrogen-bond donors (Lipinski definition) is 1.